The fourth-order valence-corrected chi connectivity index (χ4v) is 3.64. The van der Waals surface area contributed by atoms with Crippen LogP contribution in [0.15, 0.2) is 17.5 Å². The highest BCUT2D eigenvalue weighted by atomic mass is 32.1. The molecule has 0 unspecified atom stereocenters. The molecular weight excluding hydrogens is 298 g/mol. The zero-order valence-electron chi connectivity index (χ0n) is 13.0. The molecule has 2 aromatic rings. The van der Waals surface area contributed by atoms with Crippen LogP contribution in [0.5, 0.6) is 0 Å². The number of aromatic nitrogens is 3. The first-order valence-electron chi connectivity index (χ1n) is 7.58. The van der Waals surface area contributed by atoms with Gasteiger partial charge in [-0.2, -0.15) is 0 Å². The van der Waals surface area contributed by atoms with Gasteiger partial charge in [0.15, 0.2) is 0 Å². The highest BCUT2D eigenvalue weighted by molar-refractivity contribution is 7.03. The number of nitrogens with zero attached hydrogens (tertiary/aromatic N) is 4. The lowest BCUT2D eigenvalue weighted by atomic mass is 9.99. The molecule has 7 heteroatoms. The monoisotopic (exact) mass is 319 g/mol. The molecule has 2 aromatic heterocycles. The Labute approximate surface area is 134 Å². The number of piperidine rings is 1. The zero-order chi connectivity index (χ0) is 15.5. The number of nitrogens with one attached hydrogen (secondary N) is 1. The fraction of sp³-hybridized carbons (Fsp3) is 0.533. The Kier molecular flexibility index (Phi) is 4.54. The van der Waals surface area contributed by atoms with Crippen molar-refractivity contribution >= 4 is 17.4 Å². The van der Waals surface area contributed by atoms with E-state index in [4.69, 9.17) is 0 Å². The van der Waals surface area contributed by atoms with Crippen LogP contribution in [-0.4, -0.2) is 38.6 Å². The van der Waals surface area contributed by atoms with Crippen LogP contribution in [0.25, 0.3) is 0 Å². The average Bonchev–Trinajstić information content (AvgIpc) is 3.17. The van der Waals surface area contributed by atoms with E-state index in [2.05, 4.69) is 25.9 Å². The third kappa shape index (κ3) is 2.91. The minimum Gasteiger partial charge on any atom is -0.354 e. The number of rotatable bonds is 4. The van der Waals surface area contributed by atoms with Crippen molar-refractivity contribution in [2.45, 2.75) is 31.8 Å². The first kappa shape index (κ1) is 15.2. The van der Waals surface area contributed by atoms with Crippen LogP contribution in [0.1, 0.15) is 47.2 Å². The van der Waals surface area contributed by atoms with Gasteiger partial charge in [0.1, 0.15) is 5.69 Å². The fourth-order valence-electron chi connectivity index (χ4n) is 3.19. The van der Waals surface area contributed by atoms with Crippen LogP contribution in [-0.2, 0) is 13.6 Å². The lowest BCUT2D eigenvalue weighted by Crippen LogP contribution is -2.34. The molecule has 3 rings (SSSR count). The molecule has 0 radical (unpaired) electrons. The summed E-state index contributed by atoms with van der Waals surface area (Å²) < 4.78 is 5.96. The minimum atomic E-state index is -0.0418. The summed E-state index contributed by atoms with van der Waals surface area (Å²) in [5, 5.41) is 8.87. The van der Waals surface area contributed by atoms with E-state index in [9.17, 15) is 4.79 Å². The van der Waals surface area contributed by atoms with Crippen LogP contribution in [0.2, 0.25) is 0 Å². The molecule has 1 aliphatic rings. The predicted molar refractivity (Wildman–Crippen MR) is 85.7 cm³/mol. The van der Waals surface area contributed by atoms with Gasteiger partial charge in [-0.25, -0.2) is 0 Å². The normalized spacial score (nSPS) is 19.3. The lowest BCUT2D eigenvalue weighted by Gasteiger charge is -2.35. The van der Waals surface area contributed by atoms with Crippen LogP contribution in [0, 0.1) is 0 Å². The van der Waals surface area contributed by atoms with Crippen molar-refractivity contribution in [2.75, 3.05) is 13.6 Å². The number of carbonyl (C=O) groups is 1. The van der Waals surface area contributed by atoms with E-state index < -0.39 is 0 Å². The van der Waals surface area contributed by atoms with E-state index >= 15 is 0 Å². The summed E-state index contributed by atoms with van der Waals surface area (Å²) in [6, 6.07) is 4.32. The molecule has 0 spiro atoms. The Morgan fingerprint density at radius 1 is 1.45 bits per heavy atom. The van der Waals surface area contributed by atoms with Gasteiger partial charge < -0.3 is 9.88 Å². The molecule has 1 N–H and O–H groups in total. The number of carbonyl (C=O) groups excluding carboxylic acids is 1. The summed E-state index contributed by atoms with van der Waals surface area (Å²) in [7, 11) is 3.63. The molecule has 0 aliphatic carbocycles. The first-order chi connectivity index (χ1) is 10.7. The van der Waals surface area contributed by atoms with Crippen molar-refractivity contribution < 1.29 is 4.79 Å². The Morgan fingerprint density at radius 2 is 2.32 bits per heavy atom. The highest BCUT2D eigenvalue weighted by Gasteiger charge is 2.27. The molecule has 1 saturated heterocycles. The average molecular weight is 319 g/mol. The Morgan fingerprint density at radius 3 is 3.05 bits per heavy atom. The largest absolute Gasteiger partial charge is 0.354 e. The second-order valence-electron chi connectivity index (χ2n) is 5.66. The molecule has 1 amide bonds. The predicted octanol–water partition coefficient (Wildman–Crippen LogP) is 1.96. The van der Waals surface area contributed by atoms with E-state index in [0.29, 0.717) is 11.7 Å². The van der Waals surface area contributed by atoms with Crippen molar-refractivity contribution in [3.63, 3.8) is 0 Å². The third-order valence-electron chi connectivity index (χ3n) is 4.35. The maximum atomic E-state index is 11.9. The van der Waals surface area contributed by atoms with Crippen molar-refractivity contribution in [3.8, 4) is 0 Å². The van der Waals surface area contributed by atoms with Gasteiger partial charge in [0.05, 0.1) is 11.7 Å². The number of likely N-dealkylation sites (tertiary alicyclic amines) is 1. The SMILES string of the molecule is CNC(=O)c1ccc([C@@H]2CCCCN2Cc2csnn2)n1C. The number of hydrogen-bond donors (Lipinski definition) is 1. The van der Waals surface area contributed by atoms with Crippen LogP contribution >= 0.6 is 11.5 Å². The maximum absolute atomic E-state index is 11.9. The van der Waals surface area contributed by atoms with E-state index in [1.807, 2.05) is 23.1 Å². The van der Waals surface area contributed by atoms with Crippen LogP contribution in [0.3, 0.4) is 0 Å². The molecule has 0 saturated carbocycles. The summed E-state index contributed by atoms with van der Waals surface area (Å²) in [6.07, 6.45) is 3.54. The molecule has 118 valence electrons. The molecule has 22 heavy (non-hydrogen) atoms. The van der Waals surface area contributed by atoms with Crippen LogP contribution in [0.4, 0.5) is 0 Å². The second-order valence-corrected chi connectivity index (χ2v) is 6.27. The van der Waals surface area contributed by atoms with Crippen molar-refractivity contribution in [2.24, 2.45) is 7.05 Å². The van der Waals surface area contributed by atoms with Gasteiger partial charge >= 0.3 is 0 Å². The second kappa shape index (κ2) is 6.58. The Bertz CT molecular complexity index is 636. The summed E-state index contributed by atoms with van der Waals surface area (Å²) in [6.45, 7) is 1.88. The quantitative estimate of drug-likeness (QED) is 0.936. The third-order valence-corrected chi connectivity index (χ3v) is 4.90. The van der Waals surface area contributed by atoms with Gasteiger partial charge in [0.2, 0.25) is 0 Å². The van der Waals surface area contributed by atoms with Gasteiger partial charge in [-0.15, -0.1) is 5.10 Å². The van der Waals surface area contributed by atoms with Crippen molar-refractivity contribution in [3.05, 3.63) is 34.6 Å². The molecule has 1 aliphatic heterocycles. The van der Waals surface area contributed by atoms with Gasteiger partial charge in [-0.3, -0.25) is 9.69 Å². The van der Waals surface area contributed by atoms with E-state index in [1.165, 1.54) is 30.1 Å². The smallest absolute Gasteiger partial charge is 0.267 e. The molecule has 1 atom stereocenters. The molecule has 0 bridgehead atoms. The number of hydrogen-bond acceptors (Lipinski definition) is 5. The van der Waals surface area contributed by atoms with Gasteiger partial charge in [-0.05, 0) is 43.1 Å². The van der Waals surface area contributed by atoms with Gasteiger partial charge in [0.25, 0.3) is 5.91 Å². The topological polar surface area (TPSA) is 63.1 Å². The van der Waals surface area contributed by atoms with Crippen molar-refractivity contribution in [1.82, 2.24) is 24.4 Å². The summed E-state index contributed by atoms with van der Waals surface area (Å²) in [5.74, 6) is -0.0418. The maximum Gasteiger partial charge on any atom is 0.267 e. The summed E-state index contributed by atoms with van der Waals surface area (Å²) >= 11 is 1.39. The van der Waals surface area contributed by atoms with Crippen molar-refractivity contribution in [1.29, 1.82) is 0 Å². The van der Waals surface area contributed by atoms with Gasteiger partial charge in [0, 0.05) is 31.7 Å². The van der Waals surface area contributed by atoms with E-state index in [1.54, 1.807) is 7.05 Å². The standard InChI is InChI=1S/C15H21N5OS/c1-16-15(21)14-7-6-12(19(14)2)13-5-3-4-8-20(13)9-11-10-22-18-17-11/h6-7,10,13H,3-5,8-9H2,1-2H3,(H,16,21)/t13-/m0/s1. The molecule has 6 nitrogen and oxygen atoms in total. The first-order valence-corrected chi connectivity index (χ1v) is 8.42. The van der Waals surface area contributed by atoms with Crippen LogP contribution < -0.4 is 5.32 Å². The lowest BCUT2D eigenvalue weighted by molar-refractivity contribution is 0.0952. The minimum absolute atomic E-state index is 0.0418. The zero-order valence-corrected chi connectivity index (χ0v) is 13.8. The molecule has 0 aromatic carbocycles. The molecule has 3 heterocycles. The summed E-state index contributed by atoms with van der Waals surface area (Å²) in [5.41, 5.74) is 2.93. The number of amides is 1. The van der Waals surface area contributed by atoms with E-state index in [-0.39, 0.29) is 5.91 Å². The Hall–Kier alpha value is -1.73. The highest BCUT2D eigenvalue weighted by Crippen LogP contribution is 2.32. The van der Waals surface area contributed by atoms with Gasteiger partial charge in [-0.1, -0.05) is 10.9 Å². The molecular formula is C15H21N5OS. The van der Waals surface area contributed by atoms with E-state index in [0.717, 1.165) is 25.2 Å². The summed E-state index contributed by atoms with van der Waals surface area (Å²) in [4.78, 5) is 14.4. The molecule has 1 fully saturated rings. The Balaban J connectivity index is 1.84.